The minimum atomic E-state index is -0.397. The summed E-state index contributed by atoms with van der Waals surface area (Å²) in [5.41, 5.74) is 1.60. The fourth-order valence-electron chi connectivity index (χ4n) is 1.68. The number of halogens is 1. The van der Waals surface area contributed by atoms with Crippen LogP contribution in [0, 0.1) is 5.82 Å². The molecular formula is C12H13FN2O2. The smallest absolute Gasteiger partial charge is 0.213 e. The number of aryl methyl sites for hydroxylation is 1. The van der Waals surface area contributed by atoms with Crippen molar-refractivity contribution in [3.63, 3.8) is 0 Å². The zero-order chi connectivity index (χ0) is 12.3. The largest absolute Gasteiger partial charge is 0.481 e. The minimum absolute atomic E-state index is 0.0211. The summed E-state index contributed by atoms with van der Waals surface area (Å²) in [5.74, 6) is 0.0295. The van der Waals surface area contributed by atoms with Crippen molar-refractivity contribution in [3.8, 4) is 5.88 Å². The number of nitrogens with zero attached hydrogens (tertiary/aromatic N) is 2. The van der Waals surface area contributed by atoms with Crippen molar-refractivity contribution >= 4 is 11.0 Å². The number of aliphatic hydroxyl groups is 1. The molecule has 0 bridgehead atoms. The van der Waals surface area contributed by atoms with Gasteiger partial charge in [0.1, 0.15) is 5.82 Å². The van der Waals surface area contributed by atoms with Gasteiger partial charge in [0.15, 0.2) is 0 Å². The molecule has 0 spiro atoms. The number of pyridine rings is 2. The van der Waals surface area contributed by atoms with E-state index in [1.165, 1.54) is 13.3 Å². The highest BCUT2D eigenvalue weighted by atomic mass is 19.1. The van der Waals surface area contributed by atoms with Crippen molar-refractivity contribution in [2.45, 2.75) is 12.8 Å². The number of hydrogen-bond acceptors (Lipinski definition) is 4. The van der Waals surface area contributed by atoms with E-state index in [9.17, 15) is 4.39 Å². The summed E-state index contributed by atoms with van der Waals surface area (Å²) in [6.07, 6.45) is 2.11. The maximum Gasteiger partial charge on any atom is 0.213 e. The van der Waals surface area contributed by atoms with E-state index in [4.69, 9.17) is 9.84 Å². The molecule has 90 valence electrons. The van der Waals surface area contributed by atoms with E-state index < -0.39 is 5.82 Å². The first kappa shape index (κ1) is 11.7. The molecule has 0 saturated carbocycles. The van der Waals surface area contributed by atoms with Gasteiger partial charge in [0.25, 0.3) is 0 Å². The Kier molecular flexibility index (Phi) is 3.49. The zero-order valence-corrected chi connectivity index (χ0v) is 9.48. The lowest BCUT2D eigenvalue weighted by molar-refractivity contribution is 0.288. The van der Waals surface area contributed by atoms with Gasteiger partial charge in [-0.2, -0.15) is 0 Å². The van der Waals surface area contributed by atoms with Crippen molar-refractivity contribution in [2.24, 2.45) is 0 Å². The second-order valence-electron chi connectivity index (χ2n) is 3.63. The normalized spacial score (nSPS) is 10.8. The maximum atomic E-state index is 13.7. The number of rotatable bonds is 4. The molecule has 0 amide bonds. The second-order valence-corrected chi connectivity index (χ2v) is 3.63. The summed E-state index contributed by atoms with van der Waals surface area (Å²) in [7, 11) is 1.51. The predicted octanol–water partition coefficient (Wildman–Crippen LogP) is 1.70. The summed E-state index contributed by atoms with van der Waals surface area (Å²) in [5, 5.41) is 8.81. The molecule has 0 aliphatic carbocycles. The monoisotopic (exact) mass is 236 g/mol. The molecule has 2 aromatic rings. The Balaban J connectivity index is 2.56. The third-order valence-corrected chi connectivity index (χ3v) is 2.53. The third kappa shape index (κ3) is 2.34. The van der Waals surface area contributed by atoms with Crippen molar-refractivity contribution in [1.82, 2.24) is 9.97 Å². The van der Waals surface area contributed by atoms with Crippen LogP contribution in [0.3, 0.4) is 0 Å². The highest BCUT2D eigenvalue weighted by Crippen LogP contribution is 2.21. The first-order chi connectivity index (χ1) is 8.26. The first-order valence-electron chi connectivity index (χ1n) is 5.35. The van der Waals surface area contributed by atoms with Crippen LogP contribution in [0.5, 0.6) is 5.88 Å². The number of methoxy groups -OCH3 is 1. The number of aliphatic hydroxyl groups excluding tert-OH is 1. The highest BCUT2D eigenvalue weighted by Gasteiger charge is 2.10. The zero-order valence-electron chi connectivity index (χ0n) is 9.48. The van der Waals surface area contributed by atoms with Crippen molar-refractivity contribution < 1.29 is 14.2 Å². The SMILES string of the molecule is COc1ccc2ncc(F)c(CCCO)c2n1. The van der Waals surface area contributed by atoms with Gasteiger partial charge < -0.3 is 9.84 Å². The number of fused-ring (bicyclic) bond motifs is 1. The fraction of sp³-hybridized carbons (Fsp3) is 0.333. The van der Waals surface area contributed by atoms with Crippen molar-refractivity contribution in [1.29, 1.82) is 0 Å². The molecule has 5 heteroatoms. The molecule has 0 atom stereocenters. The summed E-state index contributed by atoms with van der Waals surface area (Å²) in [6.45, 7) is 0.0211. The Morgan fingerprint density at radius 1 is 1.41 bits per heavy atom. The Bertz CT molecular complexity index is 531. The molecule has 4 nitrogen and oxygen atoms in total. The van der Waals surface area contributed by atoms with Crippen LogP contribution in [0.25, 0.3) is 11.0 Å². The average Bonchev–Trinajstić information content (AvgIpc) is 2.37. The molecule has 1 N–H and O–H groups in total. The van der Waals surface area contributed by atoms with E-state index >= 15 is 0 Å². The molecule has 0 saturated heterocycles. The van der Waals surface area contributed by atoms with E-state index in [2.05, 4.69) is 9.97 Å². The van der Waals surface area contributed by atoms with Crippen LogP contribution in [-0.4, -0.2) is 28.8 Å². The molecule has 0 aliphatic rings. The van der Waals surface area contributed by atoms with Crippen LogP contribution in [0.1, 0.15) is 12.0 Å². The molecule has 0 radical (unpaired) electrons. The van der Waals surface area contributed by atoms with Gasteiger partial charge in [0.2, 0.25) is 5.88 Å². The van der Waals surface area contributed by atoms with E-state index in [1.807, 2.05) is 0 Å². The number of ether oxygens (including phenoxy) is 1. The predicted molar refractivity (Wildman–Crippen MR) is 61.5 cm³/mol. The van der Waals surface area contributed by atoms with Crippen LogP contribution < -0.4 is 4.74 Å². The average molecular weight is 236 g/mol. The van der Waals surface area contributed by atoms with Gasteiger partial charge in [-0.1, -0.05) is 0 Å². The Labute approximate surface area is 98.1 Å². The molecular weight excluding hydrogens is 223 g/mol. The summed E-state index contributed by atoms with van der Waals surface area (Å²) in [6, 6.07) is 3.42. The van der Waals surface area contributed by atoms with E-state index in [1.54, 1.807) is 12.1 Å². The Morgan fingerprint density at radius 3 is 2.94 bits per heavy atom. The third-order valence-electron chi connectivity index (χ3n) is 2.53. The lowest BCUT2D eigenvalue weighted by atomic mass is 10.1. The van der Waals surface area contributed by atoms with E-state index in [-0.39, 0.29) is 6.61 Å². The lowest BCUT2D eigenvalue weighted by Crippen LogP contribution is -1.99. The molecule has 2 heterocycles. The van der Waals surface area contributed by atoms with Gasteiger partial charge in [0.05, 0.1) is 24.3 Å². The molecule has 17 heavy (non-hydrogen) atoms. The Morgan fingerprint density at radius 2 is 2.24 bits per heavy atom. The quantitative estimate of drug-likeness (QED) is 0.877. The Hall–Kier alpha value is -1.75. The van der Waals surface area contributed by atoms with Crippen LogP contribution in [0.2, 0.25) is 0 Å². The molecule has 0 aliphatic heterocycles. The van der Waals surface area contributed by atoms with Gasteiger partial charge in [-0.15, -0.1) is 0 Å². The lowest BCUT2D eigenvalue weighted by Gasteiger charge is -2.07. The van der Waals surface area contributed by atoms with Crippen LogP contribution in [-0.2, 0) is 6.42 Å². The summed E-state index contributed by atoms with van der Waals surface area (Å²) in [4.78, 5) is 8.17. The van der Waals surface area contributed by atoms with Gasteiger partial charge in [-0.25, -0.2) is 9.37 Å². The van der Waals surface area contributed by atoms with Crippen molar-refractivity contribution in [3.05, 3.63) is 29.7 Å². The maximum absolute atomic E-state index is 13.7. The van der Waals surface area contributed by atoms with Crippen LogP contribution >= 0.6 is 0 Å². The van der Waals surface area contributed by atoms with Gasteiger partial charge in [-0.3, -0.25) is 4.98 Å². The first-order valence-corrected chi connectivity index (χ1v) is 5.35. The topological polar surface area (TPSA) is 55.2 Å². The molecule has 2 rings (SSSR count). The summed E-state index contributed by atoms with van der Waals surface area (Å²) >= 11 is 0. The molecule has 0 aromatic carbocycles. The molecule has 2 aromatic heterocycles. The summed E-state index contributed by atoms with van der Waals surface area (Å²) < 4.78 is 18.7. The standard InChI is InChI=1S/C12H13FN2O2/c1-17-11-5-4-10-12(15-11)8(3-2-6-16)9(13)7-14-10/h4-5,7,16H,2-3,6H2,1H3. The minimum Gasteiger partial charge on any atom is -0.481 e. The van der Waals surface area contributed by atoms with Gasteiger partial charge in [0, 0.05) is 18.2 Å². The van der Waals surface area contributed by atoms with Crippen LogP contribution in [0.15, 0.2) is 18.3 Å². The van der Waals surface area contributed by atoms with Gasteiger partial charge in [-0.05, 0) is 18.9 Å². The van der Waals surface area contributed by atoms with Crippen molar-refractivity contribution in [2.75, 3.05) is 13.7 Å². The molecule has 0 unspecified atom stereocenters. The fourth-order valence-corrected chi connectivity index (χ4v) is 1.68. The highest BCUT2D eigenvalue weighted by molar-refractivity contribution is 5.78. The van der Waals surface area contributed by atoms with E-state index in [0.29, 0.717) is 35.3 Å². The number of aromatic nitrogens is 2. The van der Waals surface area contributed by atoms with Gasteiger partial charge >= 0.3 is 0 Å². The van der Waals surface area contributed by atoms with Crippen LogP contribution in [0.4, 0.5) is 4.39 Å². The molecule has 0 fully saturated rings. The number of hydrogen-bond donors (Lipinski definition) is 1. The second kappa shape index (κ2) is 5.05. The van der Waals surface area contributed by atoms with E-state index in [0.717, 1.165) is 0 Å².